The lowest BCUT2D eigenvalue weighted by molar-refractivity contribution is -0.145. The van der Waals surface area contributed by atoms with Crippen molar-refractivity contribution < 1.29 is 32.1 Å². The number of hydrogen-bond acceptors (Lipinski definition) is 5. The number of nitrogens with zero attached hydrogens (tertiary/aromatic N) is 1. The van der Waals surface area contributed by atoms with E-state index in [4.69, 9.17) is 9.31 Å². The number of hydrogen-bond donors (Lipinski definition) is 0. The van der Waals surface area contributed by atoms with E-state index in [0.717, 1.165) is 6.07 Å². The summed E-state index contributed by atoms with van der Waals surface area (Å²) in [6.45, 7) is -0.423. The molecule has 106 valence electrons. The molecule has 1 aliphatic heterocycles. The van der Waals surface area contributed by atoms with Crippen LogP contribution in [0, 0.1) is 17.5 Å². The van der Waals surface area contributed by atoms with Crippen LogP contribution in [-0.2, 0) is 18.9 Å². The Bertz CT molecular complexity index is 549. The van der Waals surface area contributed by atoms with Crippen LogP contribution in [0.15, 0.2) is 12.1 Å². The molecule has 0 saturated carbocycles. The van der Waals surface area contributed by atoms with E-state index in [1.54, 1.807) is 0 Å². The molecule has 9 heteroatoms. The predicted molar refractivity (Wildman–Crippen MR) is 61.4 cm³/mol. The highest BCUT2D eigenvalue weighted by molar-refractivity contribution is 6.64. The highest BCUT2D eigenvalue weighted by Crippen LogP contribution is 2.10. The van der Waals surface area contributed by atoms with Gasteiger partial charge in [0, 0.05) is 0 Å². The van der Waals surface area contributed by atoms with Gasteiger partial charge < -0.3 is 9.31 Å². The lowest BCUT2D eigenvalue weighted by Crippen LogP contribution is -2.49. The predicted octanol–water partition coefficient (Wildman–Crippen LogP) is -0.169. The molecule has 1 aromatic rings. The minimum Gasteiger partial charge on any atom is -0.494 e. The summed E-state index contributed by atoms with van der Waals surface area (Å²) in [4.78, 5) is 24.2. The first kappa shape index (κ1) is 14.4. The molecule has 0 amide bonds. The Hall–Kier alpha value is -2.03. The molecule has 5 nitrogen and oxygen atoms in total. The fraction of sp³-hybridized carbons (Fsp3) is 0.273. The molecule has 0 bridgehead atoms. The van der Waals surface area contributed by atoms with Crippen LogP contribution in [0.25, 0.3) is 0 Å². The van der Waals surface area contributed by atoms with E-state index in [1.807, 2.05) is 0 Å². The van der Waals surface area contributed by atoms with Crippen molar-refractivity contribution in [1.29, 1.82) is 0 Å². The van der Waals surface area contributed by atoms with Gasteiger partial charge in [-0.2, -0.15) is 0 Å². The number of benzene rings is 1. The summed E-state index contributed by atoms with van der Waals surface area (Å²) < 4.78 is 49.1. The second kappa shape index (κ2) is 5.54. The van der Waals surface area contributed by atoms with Crippen molar-refractivity contribution in [2.24, 2.45) is 0 Å². The lowest BCUT2D eigenvalue weighted by Gasteiger charge is -2.22. The third-order valence-electron chi connectivity index (χ3n) is 2.59. The molecule has 0 aromatic heterocycles. The topological polar surface area (TPSA) is 55.8 Å². The smallest absolute Gasteiger partial charge is 0.494 e. The van der Waals surface area contributed by atoms with E-state index in [9.17, 15) is 22.8 Å². The van der Waals surface area contributed by atoms with E-state index < -0.39 is 42.0 Å². The standard InChI is InChI=1S/C11H9BF3NO4/c1-16-4-8(17)19-12(20-9(18)5-16)6-2-3-7(13)11(15)10(6)14/h2-3H,4-5H2,1H3. The summed E-state index contributed by atoms with van der Waals surface area (Å²) >= 11 is 0. The Morgan fingerprint density at radius 2 is 1.60 bits per heavy atom. The highest BCUT2D eigenvalue weighted by atomic mass is 19.2. The van der Waals surface area contributed by atoms with Crippen LogP contribution in [0.5, 0.6) is 0 Å². The largest absolute Gasteiger partial charge is 0.639 e. The molecular formula is C11H9BF3NO4. The first-order valence-corrected chi connectivity index (χ1v) is 5.59. The monoisotopic (exact) mass is 287 g/mol. The maximum absolute atomic E-state index is 13.6. The summed E-state index contributed by atoms with van der Waals surface area (Å²) in [5, 5.41) is 0. The molecule has 0 spiro atoms. The molecule has 0 aliphatic carbocycles. The van der Waals surface area contributed by atoms with Crippen LogP contribution < -0.4 is 5.46 Å². The van der Waals surface area contributed by atoms with Gasteiger partial charge in [-0.05, 0) is 13.1 Å². The second-order valence-electron chi connectivity index (χ2n) is 4.25. The maximum atomic E-state index is 13.6. The third kappa shape index (κ3) is 2.93. The van der Waals surface area contributed by atoms with Gasteiger partial charge in [0.1, 0.15) is 0 Å². The second-order valence-corrected chi connectivity index (χ2v) is 4.25. The van der Waals surface area contributed by atoms with E-state index >= 15 is 0 Å². The lowest BCUT2D eigenvalue weighted by atomic mass is 9.78. The van der Waals surface area contributed by atoms with Crippen LogP contribution in [0.3, 0.4) is 0 Å². The van der Waals surface area contributed by atoms with Gasteiger partial charge in [0.2, 0.25) is 0 Å². The molecular weight excluding hydrogens is 278 g/mol. The van der Waals surface area contributed by atoms with Gasteiger partial charge in [0.25, 0.3) is 0 Å². The van der Waals surface area contributed by atoms with Gasteiger partial charge in [-0.1, -0.05) is 6.07 Å². The van der Waals surface area contributed by atoms with Gasteiger partial charge in [-0.25, -0.2) is 13.2 Å². The zero-order valence-corrected chi connectivity index (χ0v) is 10.4. The SMILES string of the molecule is CN1CC(=O)OB(c2ccc(F)c(F)c2F)OC(=O)C1. The van der Waals surface area contributed by atoms with Crippen molar-refractivity contribution in [3.05, 3.63) is 29.6 Å². The average molecular weight is 287 g/mol. The van der Waals surface area contributed by atoms with Crippen LogP contribution >= 0.6 is 0 Å². The molecule has 0 radical (unpaired) electrons. The molecule has 1 saturated heterocycles. The molecule has 0 atom stereocenters. The summed E-state index contributed by atoms with van der Waals surface area (Å²) in [7, 11) is -0.250. The molecule has 1 fully saturated rings. The Morgan fingerprint density at radius 3 is 2.15 bits per heavy atom. The first-order chi connectivity index (χ1) is 9.38. The minimum absolute atomic E-state index is 0.211. The van der Waals surface area contributed by atoms with Gasteiger partial charge in [0.15, 0.2) is 17.5 Å². The van der Waals surface area contributed by atoms with Crippen molar-refractivity contribution in [3.63, 3.8) is 0 Å². The average Bonchev–Trinajstić information content (AvgIpc) is 2.33. The quantitative estimate of drug-likeness (QED) is 0.530. The fourth-order valence-corrected chi connectivity index (χ4v) is 1.68. The van der Waals surface area contributed by atoms with E-state index in [1.165, 1.54) is 11.9 Å². The van der Waals surface area contributed by atoms with E-state index in [2.05, 4.69) is 0 Å². The molecule has 1 aromatic carbocycles. The van der Waals surface area contributed by atoms with Crippen LogP contribution in [0.4, 0.5) is 13.2 Å². The number of rotatable bonds is 1. The minimum atomic E-state index is -1.74. The molecule has 0 N–H and O–H groups in total. The van der Waals surface area contributed by atoms with Crippen molar-refractivity contribution in [1.82, 2.24) is 4.90 Å². The molecule has 2 rings (SSSR count). The highest BCUT2D eigenvalue weighted by Gasteiger charge is 2.37. The Morgan fingerprint density at radius 1 is 1.05 bits per heavy atom. The molecule has 1 heterocycles. The third-order valence-corrected chi connectivity index (χ3v) is 2.59. The Kier molecular flexibility index (Phi) is 3.98. The summed E-state index contributed by atoms with van der Waals surface area (Å²) in [5.74, 6) is -6.25. The molecule has 20 heavy (non-hydrogen) atoms. The zero-order valence-electron chi connectivity index (χ0n) is 10.4. The van der Waals surface area contributed by atoms with Crippen molar-refractivity contribution in [2.45, 2.75) is 0 Å². The summed E-state index contributed by atoms with van der Waals surface area (Å²) in [5.41, 5.74) is -0.560. The normalized spacial score (nSPS) is 17.3. The number of halogens is 3. The van der Waals surface area contributed by atoms with E-state index in [-0.39, 0.29) is 13.1 Å². The van der Waals surface area contributed by atoms with Crippen LogP contribution in [0.1, 0.15) is 0 Å². The Balaban J connectivity index is 2.33. The van der Waals surface area contributed by atoms with Crippen molar-refractivity contribution in [3.8, 4) is 0 Å². The number of likely N-dealkylation sites (N-methyl/N-ethyl adjacent to an activating group) is 1. The van der Waals surface area contributed by atoms with Crippen LogP contribution in [-0.4, -0.2) is 44.1 Å². The molecule has 1 aliphatic rings. The zero-order chi connectivity index (χ0) is 14.9. The van der Waals surface area contributed by atoms with Gasteiger partial charge in [-0.3, -0.25) is 14.5 Å². The van der Waals surface area contributed by atoms with E-state index in [0.29, 0.717) is 6.07 Å². The van der Waals surface area contributed by atoms with Crippen LogP contribution in [0.2, 0.25) is 0 Å². The number of carbonyl (C=O) groups excluding carboxylic acids is 2. The van der Waals surface area contributed by atoms with Gasteiger partial charge in [-0.15, -0.1) is 0 Å². The Labute approximate surface area is 112 Å². The summed E-state index contributed by atoms with van der Waals surface area (Å²) in [6, 6.07) is 1.50. The number of carbonyl (C=O) groups is 2. The van der Waals surface area contributed by atoms with Gasteiger partial charge >= 0.3 is 19.1 Å². The maximum Gasteiger partial charge on any atom is 0.639 e. The molecule has 0 unspecified atom stereocenters. The first-order valence-electron chi connectivity index (χ1n) is 5.59. The van der Waals surface area contributed by atoms with Crippen molar-refractivity contribution in [2.75, 3.05) is 20.1 Å². The summed E-state index contributed by atoms with van der Waals surface area (Å²) in [6.07, 6.45) is 0. The fourth-order valence-electron chi connectivity index (χ4n) is 1.68. The van der Waals surface area contributed by atoms with Crippen molar-refractivity contribution >= 4 is 24.5 Å². The van der Waals surface area contributed by atoms with Gasteiger partial charge in [0.05, 0.1) is 18.6 Å².